The minimum Gasteiger partial charge on any atom is -0.492 e. The zero-order valence-electron chi connectivity index (χ0n) is 25.4. The van der Waals surface area contributed by atoms with Crippen LogP contribution in [0.2, 0.25) is 0 Å². The fourth-order valence-corrected chi connectivity index (χ4v) is 4.88. The van der Waals surface area contributed by atoms with Crippen molar-refractivity contribution in [3.63, 3.8) is 0 Å². The molecule has 0 saturated heterocycles. The first-order chi connectivity index (χ1) is 20.8. The first-order valence-electron chi connectivity index (χ1n) is 16.2. The number of rotatable bonds is 24. The molecular formula is C35H51N3O4. The van der Waals surface area contributed by atoms with Gasteiger partial charge < -0.3 is 19.7 Å². The molecule has 3 rings (SSSR count). The Balaban J connectivity index is 1.34. The Labute approximate surface area is 252 Å². The van der Waals surface area contributed by atoms with Crippen LogP contribution in [0.1, 0.15) is 103 Å². The van der Waals surface area contributed by atoms with E-state index in [4.69, 9.17) is 24.7 Å². The third-order valence-electron chi connectivity index (χ3n) is 7.39. The SMILES string of the molecule is OCCCCCCCCCCOc1ccc(-c2cccc(-c3ccc(OCCCCCCCCCCO)cn3)n2)nc1. The zero-order valence-corrected chi connectivity index (χ0v) is 25.4. The van der Waals surface area contributed by atoms with Gasteiger partial charge in [-0.1, -0.05) is 83.1 Å². The van der Waals surface area contributed by atoms with Crippen molar-refractivity contribution in [1.29, 1.82) is 0 Å². The molecule has 0 fully saturated rings. The summed E-state index contributed by atoms with van der Waals surface area (Å²) in [6.45, 7) is 2.04. The number of aliphatic hydroxyl groups excluding tert-OH is 2. The summed E-state index contributed by atoms with van der Waals surface area (Å²) < 4.78 is 11.8. The van der Waals surface area contributed by atoms with Crippen molar-refractivity contribution in [2.24, 2.45) is 0 Å². The summed E-state index contributed by atoms with van der Waals surface area (Å²) >= 11 is 0. The van der Waals surface area contributed by atoms with Gasteiger partial charge in [-0.15, -0.1) is 0 Å². The maximum atomic E-state index is 8.82. The molecule has 7 heteroatoms. The van der Waals surface area contributed by atoms with E-state index < -0.39 is 0 Å². The van der Waals surface area contributed by atoms with Crippen molar-refractivity contribution >= 4 is 0 Å². The molecular weight excluding hydrogens is 526 g/mol. The zero-order chi connectivity index (χ0) is 29.5. The van der Waals surface area contributed by atoms with Crippen LogP contribution in [0, 0.1) is 0 Å². The Kier molecular flexibility index (Phi) is 17.2. The monoisotopic (exact) mass is 577 g/mol. The Morgan fingerprint density at radius 2 is 0.810 bits per heavy atom. The summed E-state index contributed by atoms with van der Waals surface area (Å²) in [5.74, 6) is 1.57. The minimum absolute atomic E-state index is 0.314. The smallest absolute Gasteiger partial charge is 0.137 e. The quantitative estimate of drug-likeness (QED) is 0.104. The molecule has 3 aromatic rings. The number of nitrogens with zero attached hydrogens (tertiary/aromatic N) is 3. The normalized spacial score (nSPS) is 11.1. The molecule has 7 nitrogen and oxygen atoms in total. The molecule has 3 heterocycles. The standard InChI is InChI=1S/C35H51N3O4/c39-24-13-9-5-1-3-7-11-15-26-41-30-20-22-32(36-28-30)34-18-17-19-35(38-34)33-23-21-31(29-37-33)42-27-16-12-8-4-2-6-10-14-25-40/h17-23,28-29,39-40H,1-16,24-27H2. The highest BCUT2D eigenvalue weighted by molar-refractivity contribution is 5.62. The van der Waals surface area contributed by atoms with Gasteiger partial charge in [-0.05, 0) is 62.1 Å². The minimum atomic E-state index is 0.314. The highest BCUT2D eigenvalue weighted by Crippen LogP contribution is 2.23. The van der Waals surface area contributed by atoms with Gasteiger partial charge in [0.25, 0.3) is 0 Å². The van der Waals surface area contributed by atoms with Crippen LogP contribution in [0.15, 0.2) is 54.9 Å². The summed E-state index contributed by atoms with van der Waals surface area (Å²) in [4.78, 5) is 14.0. The summed E-state index contributed by atoms with van der Waals surface area (Å²) in [5, 5.41) is 17.6. The van der Waals surface area contributed by atoms with Gasteiger partial charge in [-0.25, -0.2) is 4.98 Å². The fraction of sp³-hybridized carbons (Fsp3) is 0.571. The van der Waals surface area contributed by atoms with Gasteiger partial charge in [0.2, 0.25) is 0 Å². The van der Waals surface area contributed by atoms with Gasteiger partial charge in [-0.3, -0.25) is 9.97 Å². The van der Waals surface area contributed by atoms with Gasteiger partial charge in [0.1, 0.15) is 11.5 Å². The summed E-state index contributed by atoms with van der Waals surface area (Å²) in [6.07, 6.45) is 22.1. The Bertz CT molecular complexity index is 994. The molecule has 2 N–H and O–H groups in total. The molecule has 0 aliphatic heterocycles. The highest BCUT2D eigenvalue weighted by atomic mass is 16.5. The van der Waals surface area contributed by atoms with Crippen LogP contribution in [-0.4, -0.2) is 51.6 Å². The molecule has 0 aliphatic carbocycles. The second-order valence-corrected chi connectivity index (χ2v) is 11.0. The van der Waals surface area contributed by atoms with E-state index in [9.17, 15) is 0 Å². The Morgan fingerprint density at radius 3 is 1.17 bits per heavy atom. The molecule has 0 bridgehead atoms. The van der Waals surface area contributed by atoms with E-state index in [0.717, 1.165) is 72.8 Å². The van der Waals surface area contributed by atoms with Crippen molar-refractivity contribution in [1.82, 2.24) is 15.0 Å². The molecule has 42 heavy (non-hydrogen) atoms. The molecule has 0 radical (unpaired) electrons. The van der Waals surface area contributed by atoms with E-state index >= 15 is 0 Å². The molecule has 3 aromatic heterocycles. The lowest BCUT2D eigenvalue weighted by Crippen LogP contribution is -1.99. The van der Waals surface area contributed by atoms with Crippen LogP contribution in [0.25, 0.3) is 22.8 Å². The molecule has 0 aromatic carbocycles. The average molecular weight is 578 g/mol. The molecule has 0 atom stereocenters. The second-order valence-electron chi connectivity index (χ2n) is 11.0. The Hall–Kier alpha value is -3.03. The van der Waals surface area contributed by atoms with E-state index in [0.29, 0.717) is 26.4 Å². The largest absolute Gasteiger partial charge is 0.492 e. The van der Waals surface area contributed by atoms with Crippen LogP contribution >= 0.6 is 0 Å². The van der Waals surface area contributed by atoms with Crippen LogP contribution in [-0.2, 0) is 0 Å². The maximum Gasteiger partial charge on any atom is 0.137 e. The van der Waals surface area contributed by atoms with E-state index in [1.54, 1.807) is 12.4 Å². The summed E-state index contributed by atoms with van der Waals surface area (Å²) in [7, 11) is 0. The number of unbranched alkanes of at least 4 members (excludes halogenated alkanes) is 14. The summed E-state index contributed by atoms with van der Waals surface area (Å²) in [6, 6.07) is 13.7. The van der Waals surface area contributed by atoms with Gasteiger partial charge in [0.15, 0.2) is 0 Å². The predicted octanol–water partition coefficient (Wildman–Crippen LogP) is 8.19. The van der Waals surface area contributed by atoms with Gasteiger partial charge in [0.05, 0.1) is 48.4 Å². The van der Waals surface area contributed by atoms with Gasteiger partial charge >= 0.3 is 0 Å². The molecule has 0 saturated carbocycles. The third kappa shape index (κ3) is 13.8. The van der Waals surface area contributed by atoms with Crippen molar-refractivity contribution in [2.75, 3.05) is 26.4 Å². The summed E-state index contributed by atoms with van der Waals surface area (Å²) in [5.41, 5.74) is 3.20. The van der Waals surface area contributed by atoms with Crippen LogP contribution < -0.4 is 9.47 Å². The molecule has 0 amide bonds. The number of aromatic nitrogens is 3. The number of hydrogen-bond acceptors (Lipinski definition) is 7. The Morgan fingerprint density at radius 1 is 0.429 bits per heavy atom. The van der Waals surface area contributed by atoms with Crippen LogP contribution in [0.4, 0.5) is 0 Å². The lowest BCUT2D eigenvalue weighted by atomic mass is 10.1. The molecule has 230 valence electrons. The number of hydrogen-bond donors (Lipinski definition) is 2. The number of ether oxygens (including phenoxy) is 2. The van der Waals surface area contributed by atoms with Crippen molar-refractivity contribution < 1.29 is 19.7 Å². The topological polar surface area (TPSA) is 97.6 Å². The molecule has 0 spiro atoms. The molecule has 0 aliphatic rings. The first-order valence-corrected chi connectivity index (χ1v) is 16.2. The highest BCUT2D eigenvalue weighted by Gasteiger charge is 2.07. The van der Waals surface area contributed by atoms with E-state index in [2.05, 4.69) is 9.97 Å². The van der Waals surface area contributed by atoms with Crippen molar-refractivity contribution in [3.05, 3.63) is 54.9 Å². The molecule has 0 unspecified atom stereocenters. The van der Waals surface area contributed by atoms with Crippen molar-refractivity contribution in [3.8, 4) is 34.3 Å². The van der Waals surface area contributed by atoms with Gasteiger partial charge in [0, 0.05) is 13.2 Å². The third-order valence-corrected chi connectivity index (χ3v) is 7.39. The van der Waals surface area contributed by atoms with E-state index in [1.807, 2.05) is 42.5 Å². The number of aliphatic hydroxyl groups is 2. The van der Waals surface area contributed by atoms with Gasteiger partial charge in [-0.2, -0.15) is 0 Å². The second kappa shape index (κ2) is 21.6. The lowest BCUT2D eigenvalue weighted by Gasteiger charge is -2.08. The van der Waals surface area contributed by atoms with E-state index in [1.165, 1.54) is 64.2 Å². The predicted molar refractivity (Wildman–Crippen MR) is 170 cm³/mol. The van der Waals surface area contributed by atoms with Crippen molar-refractivity contribution in [2.45, 2.75) is 103 Å². The van der Waals surface area contributed by atoms with Crippen LogP contribution in [0.5, 0.6) is 11.5 Å². The number of pyridine rings is 3. The lowest BCUT2D eigenvalue weighted by molar-refractivity contribution is 0.281. The average Bonchev–Trinajstić information content (AvgIpc) is 3.03. The van der Waals surface area contributed by atoms with Crippen LogP contribution in [0.3, 0.4) is 0 Å². The first kappa shape index (κ1) is 33.5. The van der Waals surface area contributed by atoms with E-state index in [-0.39, 0.29) is 0 Å². The fourth-order valence-electron chi connectivity index (χ4n) is 4.88. The maximum absolute atomic E-state index is 8.82.